The number of rotatable bonds is 7. The lowest BCUT2D eigenvalue weighted by molar-refractivity contribution is -0.136. The molecule has 3 heterocycles. The fourth-order valence-corrected chi connectivity index (χ4v) is 7.02. The van der Waals surface area contributed by atoms with Gasteiger partial charge in [0.15, 0.2) is 0 Å². The van der Waals surface area contributed by atoms with E-state index in [1.165, 1.54) is 22.3 Å². The number of carbonyl (C=O) groups is 3. The number of piperazine rings is 1. The molecule has 9 heteroatoms. The van der Waals surface area contributed by atoms with Gasteiger partial charge in [0.25, 0.3) is 5.91 Å². The van der Waals surface area contributed by atoms with Crippen molar-refractivity contribution in [1.82, 2.24) is 20.0 Å². The lowest BCUT2D eigenvalue weighted by atomic mass is 9.79. The summed E-state index contributed by atoms with van der Waals surface area (Å²) in [6.07, 6.45) is 3.59. The molecule has 2 atom stereocenters. The van der Waals surface area contributed by atoms with E-state index in [0.29, 0.717) is 18.5 Å². The van der Waals surface area contributed by atoms with Gasteiger partial charge >= 0.3 is 0 Å². The molecule has 1 N–H and O–H groups in total. The smallest absolute Gasteiger partial charge is 0.255 e. The van der Waals surface area contributed by atoms with Crippen LogP contribution in [0.2, 0.25) is 5.02 Å². The van der Waals surface area contributed by atoms with Gasteiger partial charge in [-0.15, -0.1) is 0 Å². The van der Waals surface area contributed by atoms with E-state index in [4.69, 9.17) is 16.3 Å². The first-order valence-electron chi connectivity index (χ1n) is 14.9. The number of nitrogens with zero attached hydrogens (tertiary/aromatic N) is 3. The van der Waals surface area contributed by atoms with Crippen molar-refractivity contribution in [1.29, 1.82) is 0 Å². The molecule has 42 heavy (non-hydrogen) atoms. The number of amides is 3. The normalized spacial score (nSPS) is 25.6. The van der Waals surface area contributed by atoms with E-state index in [1.54, 1.807) is 4.90 Å². The Labute approximate surface area is 252 Å². The van der Waals surface area contributed by atoms with Crippen LogP contribution in [0.5, 0.6) is 0 Å². The second-order valence-corrected chi connectivity index (χ2v) is 12.8. The molecule has 3 aliphatic heterocycles. The van der Waals surface area contributed by atoms with E-state index in [-0.39, 0.29) is 29.7 Å². The van der Waals surface area contributed by atoms with Gasteiger partial charge in [0, 0.05) is 69.9 Å². The first kappa shape index (κ1) is 29.1. The van der Waals surface area contributed by atoms with Crippen LogP contribution in [0.25, 0.3) is 5.57 Å². The van der Waals surface area contributed by atoms with Crippen molar-refractivity contribution in [2.45, 2.75) is 63.8 Å². The molecule has 0 saturated carbocycles. The zero-order valence-electron chi connectivity index (χ0n) is 24.5. The highest BCUT2D eigenvalue weighted by atomic mass is 35.5. The van der Waals surface area contributed by atoms with Crippen LogP contribution in [0.1, 0.15) is 66.1 Å². The van der Waals surface area contributed by atoms with Crippen molar-refractivity contribution in [3.8, 4) is 0 Å². The summed E-state index contributed by atoms with van der Waals surface area (Å²) in [6.45, 7) is 8.34. The highest BCUT2D eigenvalue weighted by Gasteiger charge is 2.39. The molecular weight excluding hydrogens is 552 g/mol. The number of hydrogen-bond donors (Lipinski definition) is 1. The molecule has 6 rings (SSSR count). The molecule has 2 aromatic rings. The molecule has 8 nitrogen and oxygen atoms in total. The Kier molecular flexibility index (Phi) is 8.24. The monoisotopic (exact) mass is 590 g/mol. The minimum absolute atomic E-state index is 0.126. The van der Waals surface area contributed by atoms with E-state index < -0.39 is 6.04 Å². The van der Waals surface area contributed by atoms with Crippen LogP contribution in [0.4, 0.5) is 0 Å². The number of hydrogen-bond acceptors (Lipinski definition) is 6. The van der Waals surface area contributed by atoms with Gasteiger partial charge in [-0.3, -0.25) is 29.5 Å². The van der Waals surface area contributed by atoms with Crippen LogP contribution in [-0.2, 0) is 27.4 Å². The van der Waals surface area contributed by atoms with E-state index in [0.717, 1.165) is 69.1 Å². The third-order valence-electron chi connectivity index (χ3n) is 9.48. The van der Waals surface area contributed by atoms with E-state index in [1.807, 2.05) is 31.4 Å². The Balaban J connectivity index is 1.07. The van der Waals surface area contributed by atoms with Crippen LogP contribution in [0, 0.1) is 0 Å². The van der Waals surface area contributed by atoms with Gasteiger partial charge in [0.1, 0.15) is 6.04 Å². The van der Waals surface area contributed by atoms with E-state index >= 15 is 0 Å². The van der Waals surface area contributed by atoms with Gasteiger partial charge in [-0.25, -0.2) is 0 Å². The van der Waals surface area contributed by atoms with Crippen LogP contribution >= 0.6 is 11.6 Å². The molecule has 2 fully saturated rings. The van der Waals surface area contributed by atoms with Crippen molar-refractivity contribution in [3.05, 3.63) is 75.3 Å². The van der Waals surface area contributed by atoms with Crippen LogP contribution in [0.3, 0.4) is 0 Å². The number of carbonyl (C=O) groups excluding carboxylic acids is 3. The molecule has 0 spiro atoms. The van der Waals surface area contributed by atoms with Crippen LogP contribution in [-0.4, -0.2) is 83.9 Å². The Morgan fingerprint density at radius 3 is 2.38 bits per heavy atom. The molecule has 0 aromatic heterocycles. The summed E-state index contributed by atoms with van der Waals surface area (Å²) in [5, 5.41) is 3.13. The zero-order valence-corrected chi connectivity index (χ0v) is 25.2. The number of methoxy groups -OCH3 is 1. The minimum atomic E-state index is -0.583. The molecule has 2 saturated heterocycles. The number of halogens is 1. The molecule has 0 radical (unpaired) electrons. The van der Waals surface area contributed by atoms with Crippen molar-refractivity contribution in [2.24, 2.45) is 0 Å². The highest BCUT2D eigenvalue weighted by molar-refractivity contribution is 6.30. The predicted molar refractivity (Wildman–Crippen MR) is 162 cm³/mol. The number of ether oxygens (including phenoxy) is 1. The van der Waals surface area contributed by atoms with Gasteiger partial charge in [-0.1, -0.05) is 35.9 Å². The standard InChI is InChI=1S/C33H39ClN4O4/c1-33(42-2)12-11-27(23-4-6-26(34)7-5-23)25(18-33)20-37-15-13-36(14-16-37)19-22-3-8-28-24(17-22)21-38(32(28)41)29-9-10-30(39)35-31(29)40/h3-8,17,29H,9-16,18-21H2,1-2H3,(H,35,39,40). The van der Waals surface area contributed by atoms with E-state index in [9.17, 15) is 14.4 Å². The molecule has 222 valence electrons. The number of fused-ring (bicyclic) bond motifs is 1. The van der Waals surface area contributed by atoms with Crippen molar-refractivity contribution in [3.63, 3.8) is 0 Å². The zero-order chi connectivity index (χ0) is 29.4. The fraction of sp³-hybridized carbons (Fsp3) is 0.485. The number of allylic oxidation sites excluding steroid dienone is 1. The number of imide groups is 1. The van der Waals surface area contributed by atoms with E-state index in [2.05, 4.69) is 40.2 Å². The van der Waals surface area contributed by atoms with Crippen LogP contribution < -0.4 is 5.32 Å². The average molecular weight is 591 g/mol. The first-order valence-corrected chi connectivity index (χ1v) is 15.3. The molecule has 4 aliphatic rings. The molecule has 0 bridgehead atoms. The summed E-state index contributed by atoms with van der Waals surface area (Å²) in [5.74, 6) is -0.769. The maximum absolute atomic E-state index is 13.0. The minimum Gasteiger partial charge on any atom is -0.378 e. The highest BCUT2D eigenvalue weighted by Crippen LogP contribution is 2.40. The number of benzene rings is 2. The average Bonchev–Trinajstić information content (AvgIpc) is 3.30. The Bertz CT molecular complexity index is 1420. The lowest BCUT2D eigenvalue weighted by Gasteiger charge is -2.39. The topological polar surface area (TPSA) is 82.2 Å². The summed E-state index contributed by atoms with van der Waals surface area (Å²) >= 11 is 6.17. The summed E-state index contributed by atoms with van der Waals surface area (Å²) in [4.78, 5) is 43.6. The maximum atomic E-state index is 13.0. The Morgan fingerprint density at radius 2 is 1.69 bits per heavy atom. The second-order valence-electron chi connectivity index (χ2n) is 12.4. The summed E-state index contributed by atoms with van der Waals surface area (Å²) in [5.41, 5.74) is 6.83. The Hall–Kier alpha value is -3.04. The fourth-order valence-electron chi connectivity index (χ4n) is 6.90. The van der Waals surface area contributed by atoms with Crippen LogP contribution in [0.15, 0.2) is 48.0 Å². The Morgan fingerprint density at radius 1 is 0.976 bits per heavy atom. The van der Waals surface area contributed by atoms with Gasteiger partial charge in [0.05, 0.1) is 5.60 Å². The summed E-state index contributed by atoms with van der Waals surface area (Å²) in [7, 11) is 1.82. The summed E-state index contributed by atoms with van der Waals surface area (Å²) in [6, 6.07) is 13.7. The number of piperidine rings is 1. The van der Waals surface area contributed by atoms with Gasteiger partial charge in [0.2, 0.25) is 11.8 Å². The van der Waals surface area contributed by atoms with Crippen molar-refractivity contribution in [2.75, 3.05) is 39.8 Å². The first-order chi connectivity index (χ1) is 20.2. The van der Waals surface area contributed by atoms with Gasteiger partial charge in [-0.05, 0) is 78.6 Å². The van der Waals surface area contributed by atoms with Gasteiger partial charge < -0.3 is 9.64 Å². The molecule has 3 amide bonds. The predicted octanol–water partition coefficient (Wildman–Crippen LogP) is 4.26. The third-order valence-corrected chi connectivity index (χ3v) is 9.73. The molecule has 2 aromatic carbocycles. The third kappa shape index (κ3) is 6.04. The summed E-state index contributed by atoms with van der Waals surface area (Å²) < 4.78 is 5.93. The van der Waals surface area contributed by atoms with Crippen molar-refractivity contribution >= 4 is 34.9 Å². The molecule has 2 unspecified atom stereocenters. The lowest BCUT2D eigenvalue weighted by Crippen LogP contribution is -2.52. The largest absolute Gasteiger partial charge is 0.378 e. The maximum Gasteiger partial charge on any atom is 0.255 e. The number of nitrogens with one attached hydrogen (secondary N) is 1. The SMILES string of the molecule is COC1(C)CCC(c2ccc(Cl)cc2)=C(CN2CCN(Cc3ccc4c(c3)CN(C3CCC(=O)NC3=O)C4=O)CC2)C1. The molecular formula is C33H39ClN4O4. The quantitative estimate of drug-likeness (QED) is 0.485. The molecule has 1 aliphatic carbocycles. The van der Waals surface area contributed by atoms with Gasteiger partial charge in [-0.2, -0.15) is 0 Å². The van der Waals surface area contributed by atoms with Crippen molar-refractivity contribution < 1.29 is 19.1 Å². The second kappa shape index (κ2) is 11.9.